The summed E-state index contributed by atoms with van der Waals surface area (Å²) in [7, 11) is 0. The van der Waals surface area contributed by atoms with E-state index in [1.807, 2.05) is 0 Å². The number of halogens is 3. The third-order valence-corrected chi connectivity index (χ3v) is 2.82. The van der Waals surface area contributed by atoms with Crippen LogP contribution in [0, 0.1) is 11.8 Å². The van der Waals surface area contributed by atoms with Crippen molar-refractivity contribution >= 4 is 0 Å². The average Bonchev–Trinajstić information content (AvgIpc) is 2.04. The van der Waals surface area contributed by atoms with Crippen LogP contribution in [0.4, 0.5) is 13.2 Å². The fraction of sp³-hybridized carbons (Fsp3) is 1.00. The van der Waals surface area contributed by atoms with Crippen molar-refractivity contribution in [1.29, 1.82) is 0 Å². The molecule has 0 aromatic heterocycles. The molecule has 0 radical (unpaired) electrons. The summed E-state index contributed by atoms with van der Waals surface area (Å²) in [4.78, 5) is 0. The van der Waals surface area contributed by atoms with E-state index in [0.717, 1.165) is 12.8 Å². The molecular weight excluding hydrogens is 179 g/mol. The second kappa shape index (κ2) is 4.31. The van der Waals surface area contributed by atoms with Gasteiger partial charge in [-0.05, 0) is 31.7 Å². The number of alkyl halides is 3. The van der Waals surface area contributed by atoms with Crippen LogP contribution in [0.2, 0.25) is 0 Å². The zero-order chi connectivity index (χ0) is 9.90. The molecule has 1 nitrogen and oxygen atoms in total. The van der Waals surface area contributed by atoms with E-state index >= 15 is 0 Å². The Bertz CT molecular complexity index is 153. The van der Waals surface area contributed by atoms with E-state index in [1.165, 1.54) is 0 Å². The van der Waals surface area contributed by atoms with Gasteiger partial charge < -0.3 is 5.73 Å². The Labute approximate surface area is 76.5 Å². The molecule has 0 saturated heterocycles. The van der Waals surface area contributed by atoms with Gasteiger partial charge in [0.1, 0.15) is 0 Å². The van der Waals surface area contributed by atoms with Crippen LogP contribution in [0.15, 0.2) is 0 Å². The van der Waals surface area contributed by atoms with E-state index in [9.17, 15) is 13.2 Å². The molecule has 0 heterocycles. The molecule has 0 amide bonds. The molecule has 13 heavy (non-hydrogen) atoms. The fourth-order valence-electron chi connectivity index (χ4n) is 2.09. The Kier molecular flexibility index (Phi) is 3.59. The van der Waals surface area contributed by atoms with Gasteiger partial charge in [-0.25, -0.2) is 0 Å². The quantitative estimate of drug-likeness (QED) is 0.720. The van der Waals surface area contributed by atoms with Crippen molar-refractivity contribution in [2.75, 3.05) is 6.54 Å². The van der Waals surface area contributed by atoms with Crippen LogP contribution in [0.25, 0.3) is 0 Å². The minimum absolute atomic E-state index is 0.199. The number of nitrogens with two attached hydrogens (primary N) is 1. The molecule has 0 spiro atoms. The Morgan fingerprint density at radius 1 is 1.23 bits per heavy atom. The van der Waals surface area contributed by atoms with Gasteiger partial charge in [-0.2, -0.15) is 13.2 Å². The van der Waals surface area contributed by atoms with E-state index in [0.29, 0.717) is 25.8 Å². The maximum Gasteiger partial charge on any atom is 0.391 e. The maximum absolute atomic E-state index is 12.3. The van der Waals surface area contributed by atoms with Gasteiger partial charge in [-0.3, -0.25) is 0 Å². The van der Waals surface area contributed by atoms with Crippen LogP contribution in [0.5, 0.6) is 0 Å². The second-order valence-electron chi connectivity index (χ2n) is 3.85. The molecule has 1 rings (SSSR count). The largest absolute Gasteiger partial charge is 0.391 e. The minimum atomic E-state index is -3.99. The minimum Gasteiger partial charge on any atom is -0.330 e. The fourth-order valence-corrected chi connectivity index (χ4v) is 2.09. The smallest absolute Gasteiger partial charge is 0.330 e. The first-order chi connectivity index (χ1) is 6.04. The van der Waals surface area contributed by atoms with Crippen LogP contribution in [-0.2, 0) is 0 Å². The topological polar surface area (TPSA) is 26.0 Å². The lowest BCUT2D eigenvalue weighted by Crippen LogP contribution is -2.29. The molecule has 0 aromatic rings. The summed E-state index contributed by atoms with van der Waals surface area (Å²) in [6.07, 6.45) is -1.02. The van der Waals surface area contributed by atoms with Crippen LogP contribution >= 0.6 is 0 Å². The molecule has 0 bridgehead atoms. The van der Waals surface area contributed by atoms with Crippen molar-refractivity contribution in [3.05, 3.63) is 0 Å². The first-order valence-electron chi connectivity index (χ1n) is 4.81. The first-order valence-corrected chi connectivity index (χ1v) is 4.81. The number of rotatable bonds is 2. The van der Waals surface area contributed by atoms with Gasteiger partial charge >= 0.3 is 6.18 Å². The van der Waals surface area contributed by atoms with Crippen molar-refractivity contribution in [2.45, 2.75) is 38.3 Å². The van der Waals surface area contributed by atoms with Gasteiger partial charge in [0.15, 0.2) is 0 Å². The molecule has 78 valence electrons. The SMILES string of the molecule is NCCC1CCCC(C(F)(F)F)C1. The van der Waals surface area contributed by atoms with Crippen molar-refractivity contribution in [2.24, 2.45) is 17.6 Å². The highest BCUT2D eigenvalue weighted by Crippen LogP contribution is 2.40. The van der Waals surface area contributed by atoms with E-state index in [2.05, 4.69) is 0 Å². The van der Waals surface area contributed by atoms with Crippen LogP contribution < -0.4 is 5.73 Å². The zero-order valence-electron chi connectivity index (χ0n) is 7.61. The summed E-state index contributed by atoms with van der Waals surface area (Å²) in [6.45, 7) is 0.509. The predicted octanol–water partition coefficient (Wildman–Crippen LogP) is 2.70. The predicted molar refractivity (Wildman–Crippen MR) is 45.2 cm³/mol. The molecule has 2 unspecified atom stereocenters. The number of hydrogen-bond acceptors (Lipinski definition) is 1. The van der Waals surface area contributed by atoms with Gasteiger partial charge in [-0.15, -0.1) is 0 Å². The van der Waals surface area contributed by atoms with Crippen molar-refractivity contribution in [3.8, 4) is 0 Å². The molecule has 2 atom stereocenters. The Morgan fingerprint density at radius 3 is 2.46 bits per heavy atom. The lowest BCUT2D eigenvalue weighted by Gasteiger charge is -2.30. The summed E-state index contributed by atoms with van der Waals surface area (Å²) in [5.41, 5.74) is 5.33. The van der Waals surface area contributed by atoms with Crippen molar-refractivity contribution in [1.82, 2.24) is 0 Å². The molecule has 0 aliphatic heterocycles. The van der Waals surface area contributed by atoms with Gasteiger partial charge in [0.05, 0.1) is 5.92 Å². The highest BCUT2D eigenvalue weighted by atomic mass is 19.4. The molecule has 1 saturated carbocycles. The Morgan fingerprint density at radius 2 is 1.92 bits per heavy atom. The highest BCUT2D eigenvalue weighted by molar-refractivity contribution is 4.77. The standard InChI is InChI=1S/C9H16F3N/c10-9(11,12)8-3-1-2-7(6-8)4-5-13/h7-8H,1-6,13H2. The normalized spacial score (nSPS) is 30.5. The second-order valence-corrected chi connectivity index (χ2v) is 3.85. The summed E-state index contributed by atoms with van der Waals surface area (Å²) in [6, 6.07) is 0. The van der Waals surface area contributed by atoms with Crippen LogP contribution in [0.3, 0.4) is 0 Å². The monoisotopic (exact) mass is 195 g/mol. The number of hydrogen-bond donors (Lipinski definition) is 1. The first kappa shape index (κ1) is 10.8. The van der Waals surface area contributed by atoms with E-state index < -0.39 is 12.1 Å². The van der Waals surface area contributed by atoms with E-state index in [4.69, 9.17) is 5.73 Å². The molecule has 0 aromatic carbocycles. The summed E-state index contributed by atoms with van der Waals surface area (Å²) in [5.74, 6) is -0.872. The van der Waals surface area contributed by atoms with E-state index in [-0.39, 0.29) is 5.92 Å². The summed E-state index contributed by atoms with van der Waals surface area (Å²) >= 11 is 0. The van der Waals surface area contributed by atoms with Crippen LogP contribution in [0.1, 0.15) is 32.1 Å². The third-order valence-electron chi connectivity index (χ3n) is 2.82. The molecule has 4 heteroatoms. The van der Waals surface area contributed by atoms with Gasteiger partial charge in [-0.1, -0.05) is 12.8 Å². The van der Waals surface area contributed by atoms with Crippen molar-refractivity contribution < 1.29 is 13.2 Å². The van der Waals surface area contributed by atoms with Crippen molar-refractivity contribution in [3.63, 3.8) is 0 Å². The van der Waals surface area contributed by atoms with Gasteiger partial charge in [0, 0.05) is 0 Å². The highest BCUT2D eigenvalue weighted by Gasteiger charge is 2.41. The van der Waals surface area contributed by atoms with E-state index in [1.54, 1.807) is 0 Å². The lowest BCUT2D eigenvalue weighted by atomic mass is 9.79. The molecular formula is C9H16F3N. The lowest BCUT2D eigenvalue weighted by molar-refractivity contribution is -0.185. The van der Waals surface area contributed by atoms with Gasteiger partial charge in [0.25, 0.3) is 0 Å². The van der Waals surface area contributed by atoms with Crippen LogP contribution in [-0.4, -0.2) is 12.7 Å². The summed E-state index contributed by atoms with van der Waals surface area (Å²) < 4.78 is 37.0. The Hall–Kier alpha value is -0.250. The third kappa shape index (κ3) is 3.18. The zero-order valence-corrected chi connectivity index (χ0v) is 7.61. The van der Waals surface area contributed by atoms with Gasteiger partial charge in [0.2, 0.25) is 0 Å². The Balaban J connectivity index is 2.42. The molecule has 2 N–H and O–H groups in total. The average molecular weight is 195 g/mol. The molecule has 1 fully saturated rings. The molecule has 1 aliphatic rings. The maximum atomic E-state index is 12.3. The molecule has 1 aliphatic carbocycles. The summed E-state index contributed by atoms with van der Waals surface area (Å²) in [5, 5.41) is 0.